The minimum absolute atomic E-state index is 0.0161. The van der Waals surface area contributed by atoms with Crippen LogP contribution < -0.4 is 14.8 Å². The van der Waals surface area contributed by atoms with Crippen molar-refractivity contribution in [2.75, 3.05) is 40.5 Å². The molecule has 0 unspecified atom stereocenters. The Kier molecular flexibility index (Phi) is 16.8. The Morgan fingerprint density at radius 3 is 1.52 bits per heavy atom. The van der Waals surface area contributed by atoms with Crippen LogP contribution in [-0.2, 0) is 39.9 Å². The summed E-state index contributed by atoms with van der Waals surface area (Å²) in [4.78, 5) is 22.9. The van der Waals surface area contributed by atoms with Crippen LogP contribution in [0.15, 0.2) is 146 Å². The van der Waals surface area contributed by atoms with Gasteiger partial charge in [-0.3, -0.25) is 9.97 Å². The summed E-state index contributed by atoms with van der Waals surface area (Å²) in [6, 6.07) is 42.6. The van der Waals surface area contributed by atoms with E-state index in [2.05, 4.69) is 118 Å². The smallest absolute Gasteiger partial charge is 0.410 e. The number of nitrogens with one attached hydrogen (secondary N) is 1. The molecular weight excluding hydrogens is 813 g/mol. The first-order valence-electron chi connectivity index (χ1n) is 22.8. The van der Waals surface area contributed by atoms with Crippen molar-refractivity contribution < 1.29 is 28.5 Å². The van der Waals surface area contributed by atoms with Gasteiger partial charge in [-0.25, -0.2) is 4.79 Å². The fourth-order valence-corrected chi connectivity index (χ4v) is 7.88. The molecular formula is C55H64N4O6. The van der Waals surface area contributed by atoms with Crippen molar-refractivity contribution in [1.82, 2.24) is 20.2 Å². The average Bonchev–Trinajstić information content (AvgIpc) is 3.28. The number of ether oxygens (including phenoxy) is 5. The highest BCUT2D eigenvalue weighted by Crippen LogP contribution is 2.28. The molecule has 4 heterocycles. The first-order chi connectivity index (χ1) is 31.6. The second-order valence-electron chi connectivity index (χ2n) is 17.9. The number of carbonyl (C=O) groups excluding carboxylic acids is 1. The van der Waals surface area contributed by atoms with Gasteiger partial charge >= 0.3 is 6.09 Å². The van der Waals surface area contributed by atoms with E-state index in [4.69, 9.17) is 23.7 Å². The van der Waals surface area contributed by atoms with E-state index in [9.17, 15) is 4.79 Å². The number of rotatable bonds is 18. The maximum atomic E-state index is 12.4. The summed E-state index contributed by atoms with van der Waals surface area (Å²) in [7, 11) is 3.56. The van der Waals surface area contributed by atoms with Crippen molar-refractivity contribution in [3.8, 4) is 33.8 Å². The first-order valence-corrected chi connectivity index (χ1v) is 22.8. The third-order valence-corrected chi connectivity index (χ3v) is 11.7. The van der Waals surface area contributed by atoms with Crippen LogP contribution in [0.1, 0.15) is 55.9 Å². The summed E-state index contributed by atoms with van der Waals surface area (Å²) >= 11 is 0. The van der Waals surface area contributed by atoms with E-state index in [1.165, 1.54) is 28.7 Å². The van der Waals surface area contributed by atoms with E-state index in [-0.39, 0.29) is 24.3 Å². The second kappa shape index (κ2) is 23.2. The predicted molar refractivity (Wildman–Crippen MR) is 257 cm³/mol. The van der Waals surface area contributed by atoms with Gasteiger partial charge in [-0.15, -0.1) is 0 Å². The number of pyridine rings is 2. The van der Waals surface area contributed by atoms with Gasteiger partial charge in [0, 0.05) is 50.3 Å². The lowest BCUT2D eigenvalue weighted by molar-refractivity contribution is -0.0141. The zero-order valence-corrected chi connectivity index (χ0v) is 38.5. The van der Waals surface area contributed by atoms with Gasteiger partial charge in [0.25, 0.3) is 0 Å². The molecule has 0 radical (unpaired) electrons. The Hall–Kier alpha value is -6.07. The Labute approximate surface area is 385 Å². The third-order valence-electron chi connectivity index (χ3n) is 11.7. The molecule has 4 aromatic carbocycles. The number of benzene rings is 4. The summed E-state index contributed by atoms with van der Waals surface area (Å²) in [6.45, 7) is 8.52. The predicted octanol–water partition coefficient (Wildman–Crippen LogP) is 10.2. The van der Waals surface area contributed by atoms with Gasteiger partial charge in [0.15, 0.2) is 0 Å². The lowest BCUT2D eigenvalue weighted by atomic mass is 9.98. The van der Waals surface area contributed by atoms with Crippen molar-refractivity contribution in [3.63, 3.8) is 0 Å². The van der Waals surface area contributed by atoms with E-state index in [1.54, 1.807) is 31.5 Å². The fourth-order valence-electron chi connectivity index (χ4n) is 7.88. The van der Waals surface area contributed by atoms with Crippen LogP contribution >= 0.6 is 0 Å². The highest BCUT2D eigenvalue weighted by molar-refractivity contribution is 5.69. The topological polar surface area (TPSA) is 104 Å². The number of amides is 1. The molecule has 2 aromatic heterocycles. The number of methoxy groups -OCH3 is 2. The molecule has 6 aromatic rings. The lowest BCUT2D eigenvalue weighted by Crippen LogP contribution is -2.55. The summed E-state index contributed by atoms with van der Waals surface area (Å²) in [5.74, 6) is 1.51. The van der Waals surface area contributed by atoms with E-state index in [1.807, 2.05) is 51.4 Å². The Morgan fingerprint density at radius 1 is 0.615 bits per heavy atom. The molecule has 0 aliphatic carbocycles. The van der Waals surface area contributed by atoms with E-state index < -0.39 is 5.60 Å². The zero-order valence-electron chi connectivity index (χ0n) is 38.5. The monoisotopic (exact) mass is 876 g/mol. The number of likely N-dealkylation sites (tertiary alicyclic amines) is 1. The SMILES string of the molecule is CO[C@H](Cc1ccccc1)Cc1cccc(-c2cncc(OC[C@@H]3CCN3)c2)c1.CO[C@H](Cc1ccccc1)Cc1cccc(-c2cncc(OC[C@@H]3CCN3C(=O)OC(C)(C)C)c2)c1. The highest BCUT2D eigenvalue weighted by atomic mass is 16.6. The molecule has 1 amide bonds. The minimum Gasteiger partial charge on any atom is -0.490 e. The number of aromatic nitrogens is 2. The Morgan fingerprint density at radius 2 is 1.09 bits per heavy atom. The van der Waals surface area contributed by atoms with Crippen molar-refractivity contribution in [2.24, 2.45) is 0 Å². The molecule has 1 N–H and O–H groups in total. The molecule has 2 saturated heterocycles. The molecule has 2 aliphatic rings. The molecule has 4 atom stereocenters. The van der Waals surface area contributed by atoms with E-state index in [0.29, 0.717) is 31.5 Å². The Bertz CT molecular complexity index is 2390. The van der Waals surface area contributed by atoms with Crippen LogP contribution in [0.3, 0.4) is 0 Å². The highest BCUT2D eigenvalue weighted by Gasteiger charge is 2.35. The van der Waals surface area contributed by atoms with Gasteiger partial charge in [0.1, 0.15) is 30.3 Å². The van der Waals surface area contributed by atoms with Gasteiger partial charge in [0.2, 0.25) is 0 Å². The molecule has 0 bridgehead atoms. The average molecular weight is 877 g/mol. The molecule has 8 rings (SSSR count). The molecule has 10 nitrogen and oxygen atoms in total. The first kappa shape index (κ1) is 46.9. The molecule has 340 valence electrons. The quantitative estimate of drug-likeness (QED) is 0.0904. The van der Waals surface area contributed by atoms with Crippen LogP contribution in [0.5, 0.6) is 11.5 Å². The maximum Gasteiger partial charge on any atom is 0.410 e. The van der Waals surface area contributed by atoms with Gasteiger partial charge < -0.3 is 33.9 Å². The van der Waals surface area contributed by atoms with Crippen LogP contribution in [0.25, 0.3) is 22.3 Å². The third kappa shape index (κ3) is 14.5. The second-order valence-corrected chi connectivity index (χ2v) is 17.9. The maximum absolute atomic E-state index is 12.4. The summed E-state index contributed by atoms with van der Waals surface area (Å²) in [6.07, 6.45) is 12.8. The van der Waals surface area contributed by atoms with Crippen molar-refractivity contribution in [3.05, 3.63) is 168 Å². The summed E-state index contributed by atoms with van der Waals surface area (Å²) in [5.41, 5.74) is 8.83. The van der Waals surface area contributed by atoms with Crippen molar-refractivity contribution >= 4 is 6.09 Å². The number of hydrogen-bond donors (Lipinski definition) is 1. The van der Waals surface area contributed by atoms with Gasteiger partial charge in [0.05, 0.1) is 30.6 Å². The molecule has 10 heteroatoms. The van der Waals surface area contributed by atoms with Crippen LogP contribution in [-0.4, -0.2) is 91.4 Å². The standard InChI is InChI=1S/C30H36N2O4.C25H28N2O2/c1-30(2,3)36-29(33)32-14-13-26(32)21-35-28-18-25(19-31-20-28)24-12-8-11-23(15-24)17-27(34-4)16-22-9-6-5-7-10-22;1-28-24(13-19-6-3-2-4-7-19)14-20-8-5-9-21(12-20)22-15-25(17-26-16-22)29-18-23-10-11-27-23/h5-12,15,18-20,26-27H,13-14,16-17,21H2,1-4H3;2-9,12,15-17,23-24,27H,10-11,13-14,18H2,1H3/t26-,27+;23-,24+/m00/s1. The van der Waals surface area contributed by atoms with E-state index >= 15 is 0 Å². The van der Waals surface area contributed by atoms with Gasteiger partial charge in [-0.05, 0) is 111 Å². The number of nitrogens with zero attached hydrogens (tertiary/aromatic N) is 3. The minimum atomic E-state index is -0.504. The van der Waals surface area contributed by atoms with Crippen LogP contribution in [0.4, 0.5) is 4.79 Å². The van der Waals surface area contributed by atoms with Gasteiger partial charge in [-0.1, -0.05) is 109 Å². The Balaban J connectivity index is 0.000000198. The fraction of sp³-hybridized carbons (Fsp3) is 0.364. The summed E-state index contributed by atoms with van der Waals surface area (Å²) in [5, 5.41) is 3.35. The number of carbonyl (C=O) groups is 1. The lowest BCUT2D eigenvalue weighted by Gasteiger charge is -2.40. The zero-order chi connectivity index (χ0) is 45.4. The van der Waals surface area contributed by atoms with Crippen LogP contribution in [0.2, 0.25) is 0 Å². The van der Waals surface area contributed by atoms with Crippen LogP contribution in [0, 0.1) is 0 Å². The molecule has 0 spiro atoms. The van der Waals surface area contributed by atoms with Gasteiger partial charge in [-0.2, -0.15) is 0 Å². The van der Waals surface area contributed by atoms with Crippen molar-refractivity contribution in [1.29, 1.82) is 0 Å². The summed E-state index contributed by atoms with van der Waals surface area (Å²) < 4.78 is 29.0. The normalized spacial score (nSPS) is 16.5. The number of hydrogen-bond acceptors (Lipinski definition) is 9. The molecule has 2 fully saturated rings. The molecule has 2 aliphatic heterocycles. The molecule has 0 saturated carbocycles. The van der Waals surface area contributed by atoms with Crippen molar-refractivity contribution in [2.45, 2.75) is 89.2 Å². The largest absolute Gasteiger partial charge is 0.490 e. The molecule has 65 heavy (non-hydrogen) atoms. The van der Waals surface area contributed by atoms with E-state index in [0.717, 1.165) is 66.7 Å².